The van der Waals surface area contributed by atoms with Crippen LogP contribution in [-0.2, 0) is 28.7 Å². The van der Waals surface area contributed by atoms with E-state index in [4.69, 9.17) is 33.7 Å². The number of unbranched alkanes of at least 4 members (excludes halogenated alkanes) is 15. The maximum absolute atomic E-state index is 13.2. The Kier molecular flexibility index (Phi) is 20.5. The summed E-state index contributed by atoms with van der Waals surface area (Å²) in [5.74, 6) is 0.831. The van der Waals surface area contributed by atoms with Crippen LogP contribution in [0.25, 0.3) is 5.52 Å². The van der Waals surface area contributed by atoms with E-state index in [1.807, 2.05) is 0 Å². The molecule has 3 aromatic rings. The first-order chi connectivity index (χ1) is 28.6. The van der Waals surface area contributed by atoms with E-state index in [9.17, 15) is 24.9 Å². The van der Waals surface area contributed by atoms with Crippen molar-refractivity contribution >= 4 is 25.4 Å². The maximum Gasteiger partial charge on any atom is 0.472 e. The SMILES string of the molecule is CCCCCCCCCCCCCCCCCCOC[C@H](COP(=O)(O)OC[C@H]1O[C@@](C=NC)(c2ccc3c(N)ncnn23)[C@H](O)[C@@H]1O)Oc1ccc(C#N)c(OC)c1. The summed E-state index contributed by atoms with van der Waals surface area (Å²) in [6.07, 6.45) is 17.6. The van der Waals surface area contributed by atoms with Gasteiger partial charge in [-0.3, -0.25) is 14.0 Å². The van der Waals surface area contributed by atoms with Crippen LogP contribution in [0.1, 0.15) is 121 Å². The van der Waals surface area contributed by atoms with Crippen LogP contribution in [-0.4, -0.2) is 101 Å². The van der Waals surface area contributed by atoms with Crippen LogP contribution in [0.5, 0.6) is 11.5 Å². The van der Waals surface area contributed by atoms with Gasteiger partial charge in [0.15, 0.2) is 11.4 Å². The first kappa shape index (κ1) is 48.0. The number of fused-ring (bicyclic) bond motifs is 1. The van der Waals surface area contributed by atoms with Crippen molar-refractivity contribution in [3.8, 4) is 17.6 Å². The van der Waals surface area contributed by atoms with E-state index in [2.05, 4.69) is 28.1 Å². The highest BCUT2D eigenvalue weighted by atomic mass is 31.2. The molecule has 6 atom stereocenters. The van der Waals surface area contributed by atoms with Gasteiger partial charge in [-0.15, -0.1) is 0 Å². The molecule has 0 spiro atoms. The Morgan fingerprint density at radius 2 is 1.63 bits per heavy atom. The molecule has 1 aromatic carbocycles. The minimum absolute atomic E-state index is 0.0376. The van der Waals surface area contributed by atoms with Crippen LogP contribution in [0.3, 0.4) is 0 Å². The summed E-state index contributed by atoms with van der Waals surface area (Å²) in [6.45, 7) is 1.73. The number of benzene rings is 1. The Morgan fingerprint density at radius 1 is 0.983 bits per heavy atom. The fourth-order valence-corrected chi connectivity index (χ4v) is 8.06. The van der Waals surface area contributed by atoms with Gasteiger partial charge in [-0.2, -0.15) is 10.4 Å². The number of aliphatic hydroxyl groups excluding tert-OH is 2. The lowest BCUT2D eigenvalue weighted by Crippen LogP contribution is -2.43. The van der Waals surface area contributed by atoms with E-state index in [0.29, 0.717) is 34.9 Å². The van der Waals surface area contributed by atoms with E-state index in [1.54, 1.807) is 30.3 Å². The first-order valence-corrected chi connectivity index (χ1v) is 22.6. The monoisotopic (exact) mass is 844 g/mol. The number of nitriles is 1. The number of hydrogen-bond donors (Lipinski definition) is 4. The van der Waals surface area contributed by atoms with Crippen molar-refractivity contribution in [1.82, 2.24) is 14.6 Å². The highest BCUT2D eigenvalue weighted by Crippen LogP contribution is 2.46. The number of aromatic nitrogens is 3. The zero-order valence-electron chi connectivity index (χ0n) is 35.0. The lowest BCUT2D eigenvalue weighted by molar-refractivity contribution is -0.0551. The molecule has 3 heterocycles. The molecule has 1 saturated heterocycles. The minimum atomic E-state index is -4.77. The summed E-state index contributed by atoms with van der Waals surface area (Å²) in [7, 11) is -1.86. The lowest BCUT2D eigenvalue weighted by Gasteiger charge is -2.27. The topological polar surface area (TPSA) is 225 Å². The fourth-order valence-electron chi connectivity index (χ4n) is 7.30. The van der Waals surface area contributed by atoms with Gasteiger partial charge >= 0.3 is 7.82 Å². The quantitative estimate of drug-likeness (QED) is 0.0299. The number of nitrogen functional groups attached to an aromatic ring is 1. The molecule has 1 aliphatic rings. The molecular formula is C42H65N6O10P. The number of phosphoric ester groups is 1. The molecular weight excluding hydrogens is 779 g/mol. The zero-order chi connectivity index (χ0) is 42.5. The summed E-state index contributed by atoms with van der Waals surface area (Å²) in [5.41, 5.74) is 5.34. The molecule has 328 valence electrons. The minimum Gasteiger partial charge on any atom is -0.495 e. The molecule has 59 heavy (non-hydrogen) atoms. The van der Waals surface area contributed by atoms with E-state index < -0.39 is 51.1 Å². The summed E-state index contributed by atoms with van der Waals surface area (Å²) in [5, 5.41) is 35.9. The van der Waals surface area contributed by atoms with Crippen molar-refractivity contribution < 1.29 is 47.7 Å². The van der Waals surface area contributed by atoms with Crippen molar-refractivity contribution in [2.45, 2.75) is 140 Å². The molecule has 17 heteroatoms. The smallest absolute Gasteiger partial charge is 0.472 e. The Morgan fingerprint density at radius 3 is 2.24 bits per heavy atom. The third-order valence-electron chi connectivity index (χ3n) is 10.6. The third kappa shape index (κ3) is 14.5. The molecule has 0 amide bonds. The van der Waals surface area contributed by atoms with Gasteiger partial charge in [0, 0.05) is 25.9 Å². The molecule has 4 rings (SSSR count). The van der Waals surface area contributed by atoms with E-state index in [0.717, 1.165) is 19.3 Å². The molecule has 0 bridgehead atoms. The van der Waals surface area contributed by atoms with Gasteiger partial charge in [-0.1, -0.05) is 103 Å². The Labute approximate surface area is 348 Å². The van der Waals surface area contributed by atoms with Crippen molar-refractivity contribution in [3.63, 3.8) is 0 Å². The summed E-state index contributed by atoms with van der Waals surface area (Å²) < 4.78 is 48.7. The number of nitrogens with two attached hydrogens (primary N) is 1. The average molecular weight is 845 g/mol. The number of phosphoric acid groups is 1. The number of rotatable bonds is 30. The third-order valence-corrected chi connectivity index (χ3v) is 11.5. The summed E-state index contributed by atoms with van der Waals surface area (Å²) in [6, 6.07) is 9.97. The standard InChI is InChI=1S/C42H65N6O10P/c1-4-5-6-7-8-9-10-11-12-13-14-15-16-17-18-19-24-54-27-34(57-33-21-20-32(26-43)36(25-33)53-3)28-55-59(51,52)56-29-37-39(49)40(50)42(58-37,30-45-2)38-23-22-35-41(44)46-31-47-48(35)38/h20-23,25,30-31,34,37,39-40,49-50H,4-19,24,27-29H2,1-3H3,(H,51,52)(H2,44,46,47)/t34-,37-,39-,40-,42+/m1/s1. The molecule has 1 unspecified atom stereocenters. The van der Waals surface area contributed by atoms with E-state index in [-0.39, 0.29) is 12.4 Å². The maximum atomic E-state index is 13.2. The number of hydrogen-bond acceptors (Lipinski definition) is 14. The number of anilines is 1. The molecule has 0 radical (unpaired) electrons. The van der Waals surface area contributed by atoms with E-state index in [1.165, 1.54) is 115 Å². The second-order valence-electron chi connectivity index (χ2n) is 15.1. The van der Waals surface area contributed by atoms with Crippen molar-refractivity contribution in [2.75, 3.05) is 46.3 Å². The summed E-state index contributed by atoms with van der Waals surface area (Å²) in [4.78, 5) is 18.7. The van der Waals surface area contributed by atoms with Gasteiger partial charge in [-0.05, 0) is 30.7 Å². The number of aliphatic imine (C=N–C) groups is 1. The molecule has 1 aliphatic heterocycles. The van der Waals surface area contributed by atoms with Crippen LogP contribution in [0.4, 0.5) is 5.82 Å². The first-order valence-electron chi connectivity index (χ1n) is 21.1. The zero-order valence-corrected chi connectivity index (χ0v) is 35.8. The van der Waals surface area contributed by atoms with Crippen molar-refractivity contribution in [3.05, 3.63) is 47.9 Å². The van der Waals surface area contributed by atoms with Crippen LogP contribution in [0, 0.1) is 11.3 Å². The average Bonchev–Trinajstić information content (AvgIpc) is 3.78. The normalized spacial score (nSPS) is 20.9. The van der Waals surface area contributed by atoms with Crippen molar-refractivity contribution in [2.24, 2.45) is 4.99 Å². The van der Waals surface area contributed by atoms with Crippen LogP contribution in [0.2, 0.25) is 0 Å². The second kappa shape index (κ2) is 25.2. The van der Waals surface area contributed by atoms with Gasteiger partial charge < -0.3 is 39.8 Å². The van der Waals surface area contributed by atoms with Gasteiger partial charge in [0.05, 0.1) is 38.2 Å². The molecule has 2 aromatic heterocycles. The van der Waals surface area contributed by atoms with Gasteiger partial charge in [0.1, 0.15) is 53.8 Å². The molecule has 5 N–H and O–H groups in total. The molecule has 1 fully saturated rings. The number of aliphatic hydroxyl groups is 2. The number of ether oxygens (including phenoxy) is 4. The van der Waals surface area contributed by atoms with Gasteiger partial charge in [0.25, 0.3) is 0 Å². The number of methoxy groups -OCH3 is 1. The molecule has 0 saturated carbocycles. The number of nitrogens with zero attached hydrogens (tertiary/aromatic N) is 5. The Balaban J connectivity index is 1.23. The predicted molar refractivity (Wildman–Crippen MR) is 225 cm³/mol. The highest BCUT2D eigenvalue weighted by Gasteiger charge is 2.56. The Hall–Kier alpha value is -3.65. The van der Waals surface area contributed by atoms with Crippen LogP contribution >= 0.6 is 7.82 Å². The summed E-state index contributed by atoms with van der Waals surface area (Å²) >= 11 is 0. The largest absolute Gasteiger partial charge is 0.495 e. The van der Waals surface area contributed by atoms with Crippen molar-refractivity contribution in [1.29, 1.82) is 5.26 Å². The van der Waals surface area contributed by atoms with Crippen LogP contribution in [0.15, 0.2) is 41.7 Å². The highest BCUT2D eigenvalue weighted by molar-refractivity contribution is 7.47. The molecule has 16 nitrogen and oxygen atoms in total. The fraction of sp³-hybridized carbons (Fsp3) is 0.667. The van der Waals surface area contributed by atoms with Gasteiger partial charge in [-0.25, -0.2) is 14.1 Å². The predicted octanol–water partition coefficient (Wildman–Crippen LogP) is 7.07. The van der Waals surface area contributed by atoms with E-state index >= 15 is 0 Å². The molecule has 0 aliphatic carbocycles. The Bertz CT molecular complexity index is 1810. The lowest BCUT2D eigenvalue weighted by atomic mass is 9.92. The van der Waals surface area contributed by atoms with Crippen LogP contribution < -0.4 is 15.2 Å². The second-order valence-corrected chi connectivity index (χ2v) is 16.5. The van der Waals surface area contributed by atoms with Gasteiger partial charge in [0.2, 0.25) is 0 Å².